The van der Waals surface area contributed by atoms with Crippen LogP contribution in [0.4, 0.5) is 5.69 Å². The minimum absolute atomic E-state index is 0.0867. The number of para-hydroxylation sites is 1. The first-order valence-corrected chi connectivity index (χ1v) is 8.34. The molecule has 0 aliphatic heterocycles. The second-order valence-electron chi connectivity index (χ2n) is 5.45. The molecule has 1 heterocycles. The Hall–Kier alpha value is -2.83. The molecule has 0 atom stereocenters. The summed E-state index contributed by atoms with van der Waals surface area (Å²) in [6.07, 6.45) is 1.10. The minimum atomic E-state index is -0.715. The summed E-state index contributed by atoms with van der Waals surface area (Å²) in [5, 5.41) is 3.37. The van der Waals surface area contributed by atoms with E-state index in [1.165, 1.54) is 6.07 Å². The molecule has 0 aliphatic rings. The highest BCUT2D eigenvalue weighted by Crippen LogP contribution is 2.21. The Kier molecular flexibility index (Phi) is 5.25. The van der Waals surface area contributed by atoms with Gasteiger partial charge in [0.2, 0.25) is 0 Å². The van der Waals surface area contributed by atoms with Crippen molar-refractivity contribution in [1.29, 1.82) is 0 Å². The number of H-pyrrole nitrogens is 1. The van der Waals surface area contributed by atoms with Crippen molar-refractivity contribution in [3.63, 3.8) is 0 Å². The number of hydrogen-bond acceptors (Lipinski definition) is 3. The van der Waals surface area contributed by atoms with Gasteiger partial charge in [-0.3, -0.25) is 14.2 Å². The van der Waals surface area contributed by atoms with E-state index in [9.17, 15) is 14.4 Å². The standard InChI is InChI=1S/C18H13Cl2N3O3/c19-12-7-6-11(15(20)8-12)10-23-17(25)14(9-21-18(23)26)16(24)22-13-4-2-1-3-5-13/h1-9H,10H2,(H,21,26)(H,22,24). The monoisotopic (exact) mass is 389 g/mol. The van der Waals surface area contributed by atoms with E-state index in [1.54, 1.807) is 42.5 Å². The molecular weight excluding hydrogens is 377 g/mol. The van der Waals surface area contributed by atoms with Crippen molar-refractivity contribution >= 4 is 34.8 Å². The van der Waals surface area contributed by atoms with Gasteiger partial charge in [-0.2, -0.15) is 0 Å². The Morgan fingerprint density at radius 3 is 2.50 bits per heavy atom. The molecule has 1 amide bonds. The predicted octanol–water partition coefficient (Wildman–Crippen LogP) is 3.14. The molecule has 0 saturated heterocycles. The number of amides is 1. The van der Waals surface area contributed by atoms with Crippen LogP contribution in [0.5, 0.6) is 0 Å². The molecule has 0 aliphatic carbocycles. The van der Waals surface area contributed by atoms with Crippen molar-refractivity contribution in [2.75, 3.05) is 5.32 Å². The number of carbonyl (C=O) groups excluding carboxylic acids is 1. The molecule has 0 fully saturated rings. The number of aromatic nitrogens is 2. The third-order valence-corrected chi connectivity index (χ3v) is 4.27. The maximum atomic E-state index is 12.6. The van der Waals surface area contributed by atoms with Crippen molar-refractivity contribution in [1.82, 2.24) is 9.55 Å². The number of aromatic amines is 1. The van der Waals surface area contributed by atoms with Gasteiger partial charge in [-0.15, -0.1) is 0 Å². The molecule has 132 valence electrons. The number of carbonyl (C=O) groups is 1. The molecule has 8 heteroatoms. The van der Waals surface area contributed by atoms with E-state index >= 15 is 0 Å². The van der Waals surface area contributed by atoms with Gasteiger partial charge < -0.3 is 10.3 Å². The van der Waals surface area contributed by atoms with Gasteiger partial charge in [-0.25, -0.2) is 4.79 Å². The van der Waals surface area contributed by atoms with Crippen LogP contribution in [0.25, 0.3) is 0 Å². The first-order valence-electron chi connectivity index (χ1n) is 7.58. The molecule has 2 aromatic carbocycles. The first kappa shape index (κ1) is 18.0. The van der Waals surface area contributed by atoms with E-state index in [-0.39, 0.29) is 12.1 Å². The Bertz CT molecular complexity index is 1080. The molecule has 3 aromatic rings. The average Bonchev–Trinajstić information content (AvgIpc) is 2.61. The fourth-order valence-electron chi connectivity index (χ4n) is 2.36. The van der Waals surface area contributed by atoms with Gasteiger partial charge in [0.15, 0.2) is 0 Å². The molecule has 0 spiro atoms. The highest BCUT2D eigenvalue weighted by Gasteiger charge is 2.16. The van der Waals surface area contributed by atoms with Crippen molar-refractivity contribution in [3.8, 4) is 0 Å². The molecule has 2 N–H and O–H groups in total. The van der Waals surface area contributed by atoms with Crippen LogP contribution in [0.1, 0.15) is 15.9 Å². The molecule has 3 rings (SSSR count). The van der Waals surface area contributed by atoms with E-state index in [0.29, 0.717) is 21.3 Å². The molecule has 0 saturated carbocycles. The van der Waals surface area contributed by atoms with Crippen LogP contribution >= 0.6 is 23.2 Å². The smallest absolute Gasteiger partial charge is 0.322 e. The third kappa shape index (κ3) is 3.87. The molecular formula is C18H13Cl2N3O3. The van der Waals surface area contributed by atoms with Crippen LogP contribution in [0.2, 0.25) is 10.0 Å². The minimum Gasteiger partial charge on any atom is -0.322 e. The Morgan fingerprint density at radius 2 is 1.81 bits per heavy atom. The van der Waals surface area contributed by atoms with E-state index in [2.05, 4.69) is 10.3 Å². The number of nitrogens with zero attached hydrogens (tertiary/aromatic N) is 1. The zero-order valence-corrected chi connectivity index (χ0v) is 14.8. The average molecular weight is 390 g/mol. The summed E-state index contributed by atoms with van der Waals surface area (Å²) in [7, 11) is 0. The van der Waals surface area contributed by atoms with E-state index in [1.807, 2.05) is 0 Å². The van der Waals surface area contributed by atoms with Gasteiger partial charge >= 0.3 is 5.69 Å². The fraction of sp³-hybridized carbons (Fsp3) is 0.0556. The first-order chi connectivity index (χ1) is 12.5. The van der Waals surface area contributed by atoms with E-state index < -0.39 is 17.2 Å². The van der Waals surface area contributed by atoms with Crippen molar-refractivity contribution in [2.24, 2.45) is 0 Å². The van der Waals surface area contributed by atoms with E-state index in [4.69, 9.17) is 23.2 Å². The lowest BCUT2D eigenvalue weighted by atomic mass is 10.2. The summed E-state index contributed by atoms with van der Waals surface area (Å²) in [4.78, 5) is 39.5. The summed E-state index contributed by atoms with van der Waals surface area (Å²) in [5.41, 5.74) is -0.469. The molecule has 0 bridgehead atoms. The number of hydrogen-bond donors (Lipinski definition) is 2. The second kappa shape index (κ2) is 7.59. The quantitative estimate of drug-likeness (QED) is 0.718. The predicted molar refractivity (Wildman–Crippen MR) is 101 cm³/mol. The summed E-state index contributed by atoms with van der Waals surface area (Å²) >= 11 is 12.0. The van der Waals surface area contributed by atoms with Gasteiger partial charge in [0.1, 0.15) is 5.56 Å². The van der Waals surface area contributed by atoms with Crippen molar-refractivity contribution in [3.05, 3.63) is 96.7 Å². The zero-order valence-electron chi connectivity index (χ0n) is 13.3. The van der Waals surface area contributed by atoms with E-state index in [0.717, 1.165) is 10.8 Å². The summed E-state index contributed by atoms with van der Waals surface area (Å²) < 4.78 is 0.912. The Labute approximate surface area is 158 Å². The lowest BCUT2D eigenvalue weighted by Crippen LogP contribution is -2.39. The topological polar surface area (TPSA) is 84.0 Å². The maximum absolute atomic E-state index is 12.6. The normalized spacial score (nSPS) is 10.5. The third-order valence-electron chi connectivity index (χ3n) is 3.68. The number of rotatable bonds is 4. The van der Waals surface area contributed by atoms with Crippen LogP contribution < -0.4 is 16.6 Å². The molecule has 0 unspecified atom stereocenters. The maximum Gasteiger partial charge on any atom is 0.328 e. The summed E-state index contributed by atoms with van der Waals surface area (Å²) in [6.45, 7) is -0.0867. The Balaban J connectivity index is 1.95. The number of nitrogens with one attached hydrogen (secondary N) is 2. The lowest BCUT2D eigenvalue weighted by Gasteiger charge is -2.09. The van der Waals surface area contributed by atoms with Gasteiger partial charge in [0.25, 0.3) is 11.5 Å². The summed E-state index contributed by atoms with van der Waals surface area (Å²) in [5.74, 6) is -0.617. The van der Waals surface area contributed by atoms with Crippen LogP contribution in [0, 0.1) is 0 Å². The van der Waals surface area contributed by atoms with Gasteiger partial charge in [0.05, 0.1) is 6.54 Å². The van der Waals surface area contributed by atoms with Crippen molar-refractivity contribution in [2.45, 2.75) is 6.54 Å². The zero-order chi connectivity index (χ0) is 18.7. The molecule has 6 nitrogen and oxygen atoms in total. The van der Waals surface area contributed by atoms with Gasteiger partial charge in [-0.05, 0) is 29.8 Å². The van der Waals surface area contributed by atoms with Crippen molar-refractivity contribution < 1.29 is 4.79 Å². The SMILES string of the molecule is O=C(Nc1ccccc1)c1c[nH]c(=O)n(Cc2ccc(Cl)cc2Cl)c1=O. The molecule has 26 heavy (non-hydrogen) atoms. The highest BCUT2D eigenvalue weighted by atomic mass is 35.5. The summed E-state index contributed by atoms with van der Waals surface area (Å²) in [6, 6.07) is 13.4. The van der Waals surface area contributed by atoms with Gasteiger partial charge in [-0.1, -0.05) is 47.5 Å². The lowest BCUT2D eigenvalue weighted by molar-refractivity contribution is 0.102. The number of anilines is 1. The molecule has 0 radical (unpaired) electrons. The van der Waals surface area contributed by atoms with Crippen LogP contribution in [-0.4, -0.2) is 15.5 Å². The molecule has 1 aromatic heterocycles. The highest BCUT2D eigenvalue weighted by molar-refractivity contribution is 6.35. The largest absolute Gasteiger partial charge is 0.328 e. The van der Waals surface area contributed by atoms with Gasteiger partial charge in [0, 0.05) is 21.9 Å². The van der Waals surface area contributed by atoms with Crippen LogP contribution in [0.3, 0.4) is 0 Å². The van der Waals surface area contributed by atoms with Crippen LogP contribution in [0.15, 0.2) is 64.3 Å². The number of halogens is 2. The second-order valence-corrected chi connectivity index (χ2v) is 6.30. The van der Waals surface area contributed by atoms with Crippen LogP contribution in [-0.2, 0) is 6.54 Å². The number of benzene rings is 2. The Morgan fingerprint density at radius 1 is 1.08 bits per heavy atom. The fourth-order valence-corrected chi connectivity index (χ4v) is 2.83.